The Hall–Kier alpha value is -1.89. The van der Waals surface area contributed by atoms with Gasteiger partial charge in [-0.15, -0.1) is 0 Å². The Morgan fingerprint density at radius 3 is 2.88 bits per heavy atom. The molecule has 88 valence electrons. The third-order valence-corrected chi connectivity index (χ3v) is 1.88. The van der Waals surface area contributed by atoms with E-state index in [-0.39, 0.29) is 12.2 Å². The number of carbonyl (C=O) groups excluding carboxylic acids is 2. The van der Waals surface area contributed by atoms with Gasteiger partial charge in [-0.05, 0) is 6.07 Å². The van der Waals surface area contributed by atoms with E-state index >= 15 is 0 Å². The number of nitrogens with zero attached hydrogens (tertiary/aromatic N) is 2. The Labute approximate surface area is 92.0 Å². The maximum Gasteiger partial charge on any atom is 0.336 e. The molecule has 0 aliphatic carbocycles. The fraction of sp³-hybridized carbons (Fsp3) is 0.444. The van der Waals surface area contributed by atoms with Crippen molar-refractivity contribution in [3.63, 3.8) is 0 Å². The zero-order valence-corrected chi connectivity index (χ0v) is 9.01. The number of rotatable bonds is 4. The molecule has 1 aromatic heterocycles. The molecule has 7 heteroatoms. The lowest BCUT2D eigenvalue weighted by atomic mass is 10.3. The number of aryl methyl sites for hydroxylation is 1. The van der Waals surface area contributed by atoms with Crippen molar-refractivity contribution >= 4 is 11.9 Å². The first kappa shape index (κ1) is 12.2. The highest BCUT2D eigenvalue weighted by Gasteiger charge is 2.17. The molecule has 1 rings (SSSR count). The van der Waals surface area contributed by atoms with Crippen LogP contribution < -0.4 is 5.32 Å². The molecular weight excluding hydrogens is 214 g/mol. The van der Waals surface area contributed by atoms with E-state index < -0.39 is 18.0 Å². The number of nitrogens with one attached hydrogen (secondary N) is 1. The summed E-state index contributed by atoms with van der Waals surface area (Å²) in [6, 6.07) is 1.53. The molecule has 7 nitrogen and oxygen atoms in total. The molecule has 0 aliphatic rings. The van der Waals surface area contributed by atoms with Crippen LogP contribution in [0.4, 0.5) is 0 Å². The molecule has 1 atom stereocenters. The van der Waals surface area contributed by atoms with Crippen molar-refractivity contribution in [2.24, 2.45) is 7.05 Å². The minimum atomic E-state index is -1.36. The van der Waals surface area contributed by atoms with Crippen molar-refractivity contribution in [2.75, 3.05) is 13.7 Å². The third kappa shape index (κ3) is 3.06. The Bertz CT molecular complexity index is 388. The summed E-state index contributed by atoms with van der Waals surface area (Å²) >= 11 is 0. The maximum atomic E-state index is 11.4. The number of aliphatic hydroxyl groups is 1. The fourth-order valence-electron chi connectivity index (χ4n) is 1.04. The molecule has 2 N–H and O–H groups in total. The summed E-state index contributed by atoms with van der Waals surface area (Å²) in [6.45, 7) is -0.206. The molecule has 0 aliphatic heterocycles. The third-order valence-electron chi connectivity index (χ3n) is 1.88. The monoisotopic (exact) mass is 227 g/mol. The van der Waals surface area contributed by atoms with Crippen LogP contribution in [0.3, 0.4) is 0 Å². The lowest BCUT2D eigenvalue weighted by Gasteiger charge is -2.08. The van der Waals surface area contributed by atoms with Crippen molar-refractivity contribution in [3.8, 4) is 0 Å². The number of ether oxygens (including phenoxy) is 1. The summed E-state index contributed by atoms with van der Waals surface area (Å²) in [5, 5.41) is 15.4. The molecule has 0 fully saturated rings. The summed E-state index contributed by atoms with van der Waals surface area (Å²) in [7, 11) is 2.84. The Morgan fingerprint density at radius 1 is 1.69 bits per heavy atom. The van der Waals surface area contributed by atoms with Gasteiger partial charge in [0, 0.05) is 13.2 Å². The number of esters is 1. The molecule has 1 heterocycles. The highest BCUT2D eigenvalue weighted by Crippen LogP contribution is 1.94. The predicted octanol–water partition coefficient (Wildman–Crippen LogP) is -1.32. The molecule has 16 heavy (non-hydrogen) atoms. The van der Waals surface area contributed by atoms with Gasteiger partial charge in [-0.25, -0.2) is 4.79 Å². The normalized spacial score (nSPS) is 11.9. The van der Waals surface area contributed by atoms with E-state index in [9.17, 15) is 14.7 Å². The number of amides is 1. The van der Waals surface area contributed by atoms with Crippen LogP contribution in [-0.4, -0.2) is 46.5 Å². The summed E-state index contributed by atoms with van der Waals surface area (Å²) < 4.78 is 5.77. The molecule has 0 bridgehead atoms. The van der Waals surface area contributed by atoms with E-state index in [0.717, 1.165) is 7.11 Å². The van der Waals surface area contributed by atoms with E-state index in [2.05, 4.69) is 15.2 Å². The fourth-order valence-corrected chi connectivity index (χ4v) is 1.04. The molecule has 0 radical (unpaired) electrons. The van der Waals surface area contributed by atoms with Crippen LogP contribution in [0, 0.1) is 0 Å². The van der Waals surface area contributed by atoms with Crippen molar-refractivity contribution in [1.29, 1.82) is 0 Å². The number of aliphatic hydroxyl groups excluding tert-OH is 1. The zero-order valence-electron chi connectivity index (χ0n) is 9.01. The minimum Gasteiger partial charge on any atom is -0.467 e. The molecule has 0 spiro atoms. The van der Waals surface area contributed by atoms with Gasteiger partial charge in [0.05, 0.1) is 13.7 Å². The van der Waals surface area contributed by atoms with Crippen molar-refractivity contribution in [2.45, 2.75) is 6.10 Å². The van der Waals surface area contributed by atoms with Gasteiger partial charge in [-0.1, -0.05) is 0 Å². The van der Waals surface area contributed by atoms with Crippen molar-refractivity contribution in [1.82, 2.24) is 15.1 Å². The molecule has 1 unspecified atom stereocenters. The highest BCUT2D eigenvalue weighted by molar-refractivity contribution is 5.92. The number of aromatic nitrogens is 2. The Morgan fingerprint density at radius 2 is 2.38 bits per heavy atom. The van der Waals surface area contributed by atoms with Gasteiger partial charge in [0.25, 0.3) is 5.91 Å². The van der Waals surface area contributed by atoms with Crippen LogP contribution in [0.1, 0.15) is 10.5 Å². The molecule has 1 amide bonds. The van der Waals surface area contributed by atoms with E-state index in [4.69, 9.17) is 0 Å². The van der Waals surface area contributed by atoms with Gasteiger partial charge in [-0.3, -0.25) is 9.48 Å². The molecule has 0 saturated heterocycles. The van der Waals surface area contributed by atoms with E-state index in [1.54, 1.807) is 13.2 Å². The average Bonchev–Trinajstić information content (AvgIpc) is 2.71. The van der Waals surface area contributed by atoms with Gasteiger partial charge >= 0.3 is 5.97 Å². The summed E-state index contributed by atoms with van der Waals surface area (Å²) in [6.07, 6.45) is 0.253. The minimum absolute atomic E-state index is 0.206. The number of hydrogen-bond acceptors (Lipinski definition) is 5. The Kier molecular flexibility index (Phi) is 4.01. The van der Waals surface area contributed by atoms with Gasteiger partial charge in [0.1, 0.15) is 5.69 Å². The second-order valence-corrected chi connectivity index (χ2v) is 3.12. The van der Waals surface area contributed by atoms with Crippen LogP contribution >= 0.6 is 0 Å². The summed E-state index contributed by atoms with van der Waals surface area (Å²) in [5.74, 6) is -1.25. The predicted molar refractivity (Wildman–Crippen MR) is 53.6 cm³/mol. The smallest absolute Gasteiger partial charge is 0.336 e. The van der Waals surface area contributed by atoms with Gasteiger partial charge in [0.15, 0.2) is 6.10 Å². The lowest BCUT2D eigenvalue weighted by molar-refractivity contribution is -0.149. The SMILES string of the molecule is COC(=O)C(O)CNC(=O)c1ccn(C)n1. The van der Waals surface area contributed by atoms with E-state index in [1.807, 2.05) is 0 Å². The molecule has 1 aromatic rings. The molecular formula is C9H13N3O4. The van der Waals surface area contributed by atoms with Crippen molar-refractivity contribution < 1.29 is 19.4 Å². The molecule has 0 saturated carbocycles. The van der Waals surface area contributed by atoms with Crippen LogP contribution in [0.15, 0.2) is 12.3 Å². The number of carbonyl (C=O) groups is 2. The first-order valence-corrected chi connectivity index (χ1v) is 4.58. The Balaban J connectivity index is 2.44. The largest absolute Gasteiger partial charge is 0.467 e. The van der Waals surface area contributed by atoms with Gasteiger partial charge in [-0.2, -0.15) is 5.10 Å². The van der Waals surface area contributed by atoms with Crippen LogP contribution in [-0.2, 0) is 16.6 Å². The second kappa shape index (κ2) is 5.26. The first-order chi connectivity index (χ1) is 7.54. The first-order valence-electron chi connectivity index (χ1n) is 4.58. The van der Waals surface area contributed by atoms with Crippen molar-refractivity contribution in [3.05, 3.63) is 18.0 Å². The van der Waals surface area contributed by atoms with Gasteiger partial charge < -0.3 is 15.2 Å². The standard InChI is InChI=1S/C9H13N3O4/c1-12-4-3-6(11-12)8(14)10-5-7(13)9(15)16-2/h3-4,7,13H,5H2,1-2H3,(H,10,14). The topological polar surface area (TPSA) is 93.5 Å². The quantitative estimate of drug-likeness (QED) is 0.622. The second-order valence-electron chi connectivity index (χ2n) is 3.12. The maximum absolute atomic E-state index is 11.4. The lowest BCUT2D eigenvalue weighted by Crippen LogP contribution is -2.37. The number of methoxy groups -OCH3 is 1. The van der Waals surface area contributed by atoms with E-state index in [1.165, 1.54) is 10.7 Å². The summed E-state index contributed by atoms with van der Waals surface area (Å²) in [5.41, 5.74) is 0.222. The zero-order chi connectivity index (χ0) is 12.1. The average molecular weight is 227 g/mol. The summed E-state index contributed by atoms with van der Waals surface area (Å²) in [4.78, 5) is 22.2. The molecule has 0 aromatic carbocycles. The van der Waals surface area contributed by atoms with Gasteiger partial charge in [0.2, 0.25) is 0 Å². The van der Waals surface area contributed by atoms with Crippen LogP contribution in [0.5, 0.6) is 0 Å². The van der Waals surface area contributed by atoms with E-state index in [0.29, 0.717) is 0 Å². The van der Waals surface area contributed by atoms with Crippen LogP contribution in [0.2, 0.25) is 0 Å². The number of hydrogen-bond donors (Lipinski definition) is 2. The van der Waals surface area contributed by atoms with Crippen LogP contribution in [0.25, 0.3) is 0 Å². The highest BCUT2D eigenvalue weighted by atomic mass is 16.5.